The molecule has 0 bridgehead atoms. The maximum atomic E-state index is 12.5. The minimum Gasteiger partial charge on any atom is -0.313 e. The average Bonchev–Trinajstić information content (AvgIpc) is 3.31. The standard InChI is InChI=1S/C15H13FN4O2/c1-7-8(12-10-5-15(10,12)2-3-16)4-11(20-19-7)9-6-17-14(22)18-13(9)21/h2-4,6,10,12H,5H2,1H3,(H2,17,18,21,22)/b3-2+/t10?,12-,15+/m0/s1. The number of aromatic amines is 2. The molecule has 0 saturated heterocycles. The van der Waals surface area contributed by atoms with Crippen molar-refractivity contribution in [3.8, 4) is 11.3 Å². The van der Waals surface area contributed by atoms with Crippen molar-refractivity contribution in [3.63, 3.8) is 0 Å². The minimum absolute atomic E-state index is 0.0583. The van der Waals surface area contributed by atoms with Gasteiger partial charge in [0.15, 0.2) is 0 Å². The molecule has 22 heavy (non-hydrogen) atoms. The molecule has 0 aliphatic heterocycles. The van der Waals surface area contributed by atoms with Gasteiger partial charge in [0.05, 0.1) is 17.6 Å². The Morgan fingerprint density at radius 3 is 2.91 bits per heavy atom. The molecular weight excluding hydrogens is 287 g/mol. The van der Waals surface area contributed by atoms with Crippen LogP contribution >= 0.6 is 0 Å². The van der Waals surface area contributed by atoms with Gasteiger partial charge in [-0.05, 0) is 42.9 Å². The van der Waals surface area contributed by atoms with Gasteiger partial charge < -0.3 is 4.98 Å². The van der Waals surface area contributed by atoms with Gasteiger partial charge in [0.1, 0.15) is 5.69 Å². The molecule has 7 heteroatoms. The summed E-state index contributed by atoms with van der Waals surface area (Å²) < 4.78 is 12.5. The highest BCUT2D eigenvalue weighted by atomic mass is 19.1. The van der Waals surface area contributed by atoms with Crippen LogP contribution in [0.25, 0.3) is 11.3 Å². The van der Waals surface area contributed by atoms with Gasteiger partial charge in [-0.1, -0.05) is 0 Å². The number of rotatable bonds is 3. The van der Waals surface area contributed by atoms with Crippen LogP contribution < -0.4 is 11.2 Å². The molecule has 2 saturated carbocycles. The Labute approximate surface area is 124 Å². The van der Waals surface area contributed by atoms with Gasteiger partial charge in [0.25, 0.3) is 5.56 Å². The van der Waals surface area contributed by atoms with Crippen molar-refractivity contribution in [2.75, 3.05) is 0 Å². The summed E-state index contributed by atoms with van der Waals surface area (Å²) in [6.45, 7) is 1.85. The van der Waals surface area contributed by atoms with Crippen molar-refractivity contribution in [1.29, 1.82) is 0 Å². The normalized spacial score (nSPS) is 28.6. The SMILES string of the molecule is Cc1nnc(-c2c[nH]c(=O)[nH]c2=O)cc1[C@H]1C2C[C@]21/C=C/F. The van der Waals surface area contributed by atoms with Gasteiger partial charge in [0.2, 0.25) is 0 Å². The topological polar surface area (TPSA) is 91.5 Å². The van der Waals surface area contributed by atoms with E-state index in [1.54, 1.807) is 6.08 Å². The van der Waals surface area contributed by atoms with Crippen molar-refractivity contribution in [3.05, 3.63) is 56.8 Å². The zero-order chi connectivity index (χ0) is 15.5. The third kappa shape index (κ3) is 1.71. The number of nitrogens with zero attached hydrogens (tertiary/aromatic N) is 2. The number of allylic oxidation sites excluding steroid dienone is 1. The lowest BCUT2D eigenvalue weighted by atomic mass is 9.95. The zero-order valence-electron chi connectivity index (χ0n) is 11.8. The van der Waals surface area contributed by atoms with E-state index < -0.39 is 11.2 Å². The average molecular weight is 300 g/mol. The summed E-state index contributed by atoms with van der Waals surface area (Å²) in [5.74, 6) is 0.708. The summed E-state index contributed by atoms with van der Waals surface area (Å²) in [5, 5.41) is 8.15. The molecule has 6 nitrogen and oxygen atoms in total. The van der Waals surface area contributed by atoms with Crippen molar-refractivity contribution < 1.29 is 4.39 Å². The summed E-state index contributed by atoms with van der Waals surface area (Å²) in [6.07, 6.45) is 4.55. The first kappa shape index (κ1) is 13.1. The molecule has 3 atom stereocenters. The molecule has 0 aromatic carbocycles. The number of fused-ring (bicyclic) bond motifs is 1. The molecule has 1 unspecified atom stereocenters. The van der Waals surface area contributed by atoms with E-state index in [0.717, 1.165) is 17.7 Å². The predicted molar refractivity (Wildman–Crippen MR) is 77.0 cm³/mol. The molecule has 0 spiro atoms. The molecule has 4 rings (SSSR count). The van der Waals surface area contributed by atoms with Crippen LogP contribution in [-0.2, 0) is 0 Å². The van der Waals surface area contributed by atoms with E-state index in [9.17, 15) is 14.0 Å². The van der Waals surface area contributed by atoms with Gasteiger partial charge in [-0.15, -0.1) is 5.10 Å². The van der Waals surface area contributed by atoms with Crippen LogP contribution in [0.2, 0.25) is 0 Å². The molecule has 2 aromatic rings. The summed E-state index contributed by atoms with van der Waals surface area (Å²) in [5.41, 5.74) is 1.31. The summed E-state index contributed by atoms with van der Waals surface area (Å²) in [4.78, 5) is 27.5. The van der Waals surface area contributed by atoms with Gasteiger partial charge in [-0.3, -0.25) is 9.78 Å². The highest BCUT2D eigenvalue weighted by molar-refractivity contribution is 5.59. The Kier molecular flexibility index (Phi) is 2.52. The second-order valence-electron chi connectivity index (χ2n) is 5.95. The first-order chi connectivity index (χ1) is 10.6. The fourth-order valence-electron chi connectivity index (χ4n) is 3.38. The Morgan fingerprint density at radius 2 is 2.23 bits per heavy atom. The Balaban J connectivity index is 1.77. The second kappa shape index (κ2) is 4.22. The molecule has 0 amide bonds. The minimum atomic E-state index is -0.565. The van der Waals surface area contributed by atoms with E-state index in [1.165, 1.54) is 6.20 Å². The van der Waals surface area contributed by atoms with E-state index >= 15 is 0 Å². The molecule has 0 radical (unpaired) electrons. The van der Waals surface area contributed by atoms with Gasteiger partial charge in [-0.25, -0.2) is 9.18 Å². The zero-order valence-corrected chi connectivity index (χ0v) is 11.8. The smallest absolute Gasteiger partial charge is 0.313 e. The molecule has 2 fully saturated rings. The van der Waals surface area contributed by atoms with Crippen LogP contribution in [0.4, 0.5) is 4.39 Å². The van der Waals surface area contributed by atoms with E-state index in [1.807, 2.05) is 13.0 Å². The van der Waals surface area contributed by atoms with Gasteiger partial charge in [-0.2, -0.15) is 5.10 Å². The van der Waals surface area contributed by atoms with Crippen LogP contribution in [0.15, 0.2) is 34.3 Å². The van der Waals surface area contributed by atoms with E-state index in [4.69, 9.17) is 0 Å². The molecule has 2 aliphatic carbocycles. The van der Waals surface area contributed by atoms with Crippen molar-refractivity contribution in [1.82, 2.24) is 20.2 Å². The number of aryl methyl sites for hydroxylation is 1. The molecule has 2 aliphatic rings. The van der Waals surface area contributed by atoms with Gasteiger partial charge >= 0.3 is 5.69 Å². The Hall–Kier alpha value is -2.57. The number of halogens is 1. The Bertz CT molecular complexity index is 916. The predicted octanol–water partition coefficient (Wildman–Crippen LogP) is 1.42. The lowest BCUT2D eigenvalue weighted by Gasteiger charge is -2.12. The summed E-state index contributed by atoms with van der Waals surface area (Å²) in [6, 6.07) is 1.82. The number of H-pyrrole nitrogens is 2. The van der Waals surface area contributed by atoms with E-state index in [0.29, 0.717) is 17.9 Å². The number of hydrogen-bond donors (Lipinski definition) is 2. The summed E-state index contributed by atoms with van der Waals surface area (Å²) >= 11 is 0. The fraction of sp³-hybridized carbons (Fsp3) is 0.333. The number of nitrogens with one attached hydrogen (secondary N) is 2. The second-order valence-corrected chi connectivity index (χ2v) is 5.95. The van der Waals surface area contributed by atoms with Crippen molar-refractivity contribution in [2.24, 2.45) is 11.3 Å². The monoisotopic (exact) mass is 300 g/mol. The first-order valence-corrected chi connectivity index (χ1v) is 7.01. The highest BCUT2D eigenvalue weighted by Crippen LogP contribution is 2.85. The number of aromatic nitrogens is 4. The Morgan fingerprint density at radius 1 is 1.41 bits per heavy atom. The fourth-order valence-corrected chi connectivity index (χ4v) is 3.38. The van der Waals surface area contributed by atoms with Crippen LogP contribution in [-0.4, -0.2) is 20.2 Å². The molecule has 112 valence electrons. The van der Waals surface area contributed by atoms with Crippen LogP contribution in [0, 0.1) is 18.3 Å². The highest BCUT2D eigenvalue weighted by Gasteiger charge is 2.77. The number of hydrogen-bond acceptors (Lipinski definition) is 4. The van der Waals surface area contributed by atoms with E-state index in [2.05, 4.69) is 20.2 Å². The molecule has 2 aromatic heterocycles. The molecule has 2 N–H and O–H groups in total. The van der Waals surface area contributed by atoms with E-state index in [-0.39, 0.29) is 16.9 Å². The largest absolute Gasteiger partial charge is 0.325 e. The molecule has 2 heterocycles. The quantitative estimate of drug-likeness (QED) is 0.896. The lowest BCUT2D eigenvalue weighted by molar-refractivity contribution is 0.652. The van der Waals surface area contributed by atoms with Gasteiger partial charge in [0, 0.05) is 11.6 Å². The summed E-state index contributed by atoms with van der Waals surface area (Å²) in [7, 11) is 0. The van der Waals surface area contributed by atoms with Crippen LogP contribution in [0.5, 0.6) is 0 Å². The maximum absolute atomic E-state index is 12.5. The van der Waals surface area contributed by atoms with Crippen LogP contribution in [0.3, 0.4) is 0 Å². The van der Waals surface area contributed by atoms with Crippen molar-refractivity contribution >= 4 is 0 Å². The first-order valence-electron chi connectivity index (χ1n) is 7.01. The third-order valence-electron chi connectivity index (χ3n) is 4.80. The third-order valence-corrected chi connectivity index (χ3v) is 4.80. The van der Waals surface area contributed by atoms with Crippen molar-refractivity contribution in [2.45, 2.75) is 19.3 Å². The van der Waals surface area contributed by atoms with Crippen LogP contribution in [0.1, 0.15) is 23.6 Å². The molecular formula is C15H13FN4O2. The lowest BCUT2D eigenvalue weighted by Crippen LogP contribution is -2.23. The maximum Gasteiger partial charge on any atom is 0.325 e.